The summed E-state index contributed by atoms with van der Waals surface area (Å²) in [5, 5.41) is 15.8. The highest BCUT2D eigenvalue weighted by Gasteiger charge is 2.26. The highest BCUT2D eigenvalue weighted by atomic mass is 127. The lowest BCUT2D eigenvalue weighted by molar-refractivity contribution is 0.356. The third-order valence-electron chi connectivity index (χ3n) is 5.63. The molecule has 1 fully saturated rings. The summed E-state index contributed by atoms with van der Waals surface area (Å²) in [5.41, 5.74) is 0. The fourth-order valence-electron chi connectivity index (χ4n) is 4.08. The summed E-state index contributed by atoms with van der Waals surface area (Å²) in [7, 11) is 1.13. The van der Waals surface area contributed by atoms with Gasteiger partial charge in [0.1, 0.15) is 11.6 Å². The first-order valence-electron chi connectivity index (χ1n) is 9.83. The number of hydrogen-bond acceptors (Lipinski definition) is 4. The maximum atomic E-state index is 12.1. The number of nitrogens with one attached hydrogen (secondary N) is 2. The summed E-state index contributed by atoms with van der Waals surface area (Å²) in [4.78, 5) is 4.40. The average molecular weight is 508 g/mol. The molecule has 3 rings (SSSR count). The third kappa shape index (κ3) is 5.88. The predicted octanol–water partition coefficient (Wildman–Crippen LogP) is 2.01. The Morgan fingerprint density at radius 2 is 2.15 bits per heavy atom. The van der Waals surface area contributed by atoms with Gasteiger partial charge in [0.2, 0.25) is 0 Å². The van der Waals surface area contributed by atoms with Crippen LogP contribution >= 0.6 is 24.0 Å². The predicted molar refractivity (Wildman–Crippen MR) is 121 cm³/mol. The van der Waals surface area contributed by atoms with Gasteiger partial charge >= 0.3 is 0 Å². The van der Waals surface area contributed by atoms with Gasteiger partial charge in [-0.3, -0.25) is 9.20 Å². The first kappa shape index (κ1) is 22.6. The van der Waals surface area contributed by atoms with Gasteiger partial charge < -0.3 is 15.2 Å². The van der Waals surface area contributed by atoms with Crippen molar-refractivity contribution in [2.45, 2.75) is 70.2 Å². The van der Waals surface area contributed by atoms with Crippen LogP contribution in [0, 0.1) is 12.8 Å². The van der Waals surface area contributed by atoms with E-state index in [4.69, 9.17) is 0 Å². The Morgan fingerprint density at radius 1 is 1.33 bits per heavy atom. The summed E-state index contributed by atoms with van der Waals surface area (Å²) in [6.45, 7) is 5.90. The van der Waals surface area contributed by atoms with E-state index in [2.05, 4.69) is 30.4 Å². The number of aliphatic imine (C=N–C) groups is 1. The lowest BCUT2D eigenvalue weighted by atomic mass is 9.95. The van der Waals surface area contributed by atoms with Gasteiger partial charge in [0, 0.05) is 54.4 Å². The minimum atomic E-state index is -0.693. The highest BCUT2D eigenvalue weighted by molar-refractivity contribution is 14.0. The Kier molecular flexibility index (Phi) is 8.97. The number of halogens is 1. The third-order valence-corrected chi connectivity index (χ3v) is 7.38. The number of rotatable bonds is 5. The zero-order chi connectivity index (χ0) is 18.5. The van der Waals surface area contributed by atoms with Crippen LogP contribution in [0.15, 0.2) is 4.99 Å². The number of fused-ring (bicyclic) bond motifs is 1. The van der Waals surface area contributed by atoms with Crippen molar-refractivity contribution in [3.05, 3.63) is 11.6 Å². The zero-order valence-corrected chi connectivity index (χ0v) is 19.8. The number of aromatic nitrogens is 3. The molecule has 0 saturated heterocycles. The van der Waals surface area contributed by atoms with E-state index >= 15 is 0 Å². The normalized spacial score (nSPS) is 26.6. The molecule has 1 aliphatic carbocycles. The average Bonchev–Trinajstić information content (AvgIpc) is 3.05. The number of nitrogens with zero attached hydrogens (tertiary/aromatic N) is 4. The van der Waals surface area contributed by atoms with Gasteiger partial charge in [-0.1, -0.05) is 13.3 Å². The molecule has 1 aromatic heterocycles. The standard InChI is InChI=1S/C18H32N6OS.HI/c1-4-26(25)16-7-5-6-15(10-16)21-18(19-3)20-11-14-8-9-17-23-22-13(2)24(17)12-14;/h14-16H,4-12H2,1-3H3,(H2,19,20,21);1H. The molecular weight excluding hydrogens is 475 g/mol. The fourth-order valence-corrected chi connectivity index (χ4v) is 5.42. The van der Waals surface area contributed by atoms with Crippen LogP contribution in [-0.2, 0) is 23.8 Å². The monoisotopic (exact) mass is 508 g/mol. The van der Waals surface area contributed by atoms with Crippen LogP contribution < -0.4 is 10.6 Å². The van der Waals surface area contributed by atoms with Crippen molar-refractivity contribution in [2.75, 3.05) is 19.3 Å². The Bertz CT molecular complexity index is 664. The topological polar surface area (TPSA) is 84.2 Å². The molecule has 4 atom stereocenters. The van der Waals surface area contributed by atoms with E-state index in [9.17, 15) is 4.21 Å². The Balaban J connectivity index is 0.00000261. The van der Waals surface area contributed by atoms with Crippen molar-refractivity contribution in [2.24, 2.45) is 10.9 Å². The van der Waals surface area contributed by atoms with Crippen molar-refractivity contribution < 1.29 is 4.21 Å². The van der Waals surface area contributed by atoms with E-state index < -0.39 is 10.8 Å². The molecule has 0 aromatic carbocycles. The van der Waals surface area contributed by atoms with Crippen molar-refractivity contribution >= 4 is 40.7 Å². The minimum Gasteiger partial charge on any atom is -0.356 e. The lowest BCUT2D eigenvalue weighted by Gasteiger charge is -2.31. The van der Waals surface area contributed by atoms with Crippen LogP contribution in [0.5, 0.6) is 0 Å². The number of aryl methyl sites for hydroxylation is 2. The second kappa shape index (κ2) is 10.7. The van der Waals surface area contributed by atoms with Crippen molar-refractivity contribution in [1.29, 1.82) is 0 Å². The molecule has 0 bridgehead atoms. The molecule has 4 unspecified atom stereocenters. The Labute approximate surface area is 182 Å². The van der Waals surface area contributed by atoms with Crippen LogP contribution in [0.2, 0.25) is 0 Å². The first-order valence-corrected chi connectivity index (χ1v) is 11.2. The second-order valence-corrected chi connectivity index (χ2v) is 9.44. The van der Waals surface area contributed by atoms with Crippen molar-refractivity contribution in [3.63, 3.8) is 0 Å². The van der Waals surface area contributed by atoms with Crippen LogP contribution in [0.1, 0.15) is 50.7 Å². The Hall–Kier alpha value is -0.710. The summed E-state index contributed by atoms with van der Waals surface area (Å²) >= 11 is 0. The van der Waals surface area contributed by atoms with Gasteiger partial charge in [-0.05, 0) is 38.5 Å². The molecule has 2 N–H and O–H groups in total. The van der Waals surface area contributed by atoms with Gasteiger partial charge in [-0.2, -0.15) is 0 Å². The molecule has 1 aliphatic heterocycles. The molecule has 1 aromatic rings. The van der Waals surface area contributed by atoms with Crippen LogP contribution in [-0.4, -0.2) is 55.6 Å². The van der Waals surface area contributed by atoms with Crippen molar-refractivity contribution in [3.8, 4) is 0 Å². The van der Waals surface area contributed by atoms with E-state index in [0.29, 0.717) is 17.2 Å². The molecule has 9 heteroatoms. The fraction of sp³-hybridized carbons (Fsp3) is 0.833. The van der Waals surface area contributed by atoms with E-state index in [1.807, 2.05) is 20.9 Å². The van der Waals surface area contributed by atoms with Crippen molar-refractivity contribution in [1.82, 2.24) is 25.4 Å². The molecule has 2 aliphatic rings. The van der Waals surface area contributed by atoms with Gasteiger partial charge in [0.05, 0.1) is 0 Å². The first-order chi connectivity index (χ1) is 12.6. The number of hydrogen-bond donors (Lipinski definition) is 2. The van der Waals surface area contributed by atoms with Crippen LogP contribution in [0.25, 0.3) is 0 Å². The molecule has 7 nitrogen and oxygen atoms in total. The second-order valence-electron chi connectivity index (χ2n) is 7.43. The van der Waals surface area contributed by atoms with Gasteiger partial charge in [-0.25, -0.2) is 0 Å². The largest absolute Gasteiger partial charge is 0.356 e. The molecule has 0 amide bonds. The van der Waals surface area contributed by atoms with E-state index in [0.717, 1.165) is 75.0 Å². The lowest BCUT2D eigenvalue weighted by Crippen LogP contribution is -2.48. The molecule has 154 valence electrons. The maximum Gasteiger partial charge on any atom is 0.191 e. The maximum absolute atomic E-state index is 12.1. The zero-order valence-electron chi connectivity index (χ0n) is 16.6. The molecule has 2 heterocycles. The summed E-state index contributed by atoms with van der Waals surface area (Å²) in [6.07, 6.45) is 6.46. The number of guanidine groups is 1. The van der Waals surface area contributed by atoms with Gasteiger partial charge in [-0.15, -0.1) is 34.2 Å². The summed E-state index contributed by atoms with van der Waals surface area (Å²) < 4.78 is 14.4. The van der Waals surface area contributed by atoms with Crippen LogP contribution in [0.3, 0.4) is 0 Å². The molecule has 1 saturated carbocycles. The summed E-state index contributed by atoms with van der Waals surface area (Å²) in [6, 6.07) is 0.369. The van der Waals surface area contributed by atoms with Gasteiger partial charge in [0.15, 0.2) is 5.96 Å². The summed E-state index contributed by atoms with van der Waals surface area (Å²) in [5.74, 6) is 4.30. The van der Waals surface area contributed by atoms with E-state index in [-0.39, 0.29) is 24.0 Å². The molecule has 27 heavy (non-hydrogen) atoms. The molecular formula is C18H33IN6OS. The van der Waals surface area contributed by atoms with E-state index in [1.165, 1.54) is 0 Å². The smallest absolute Gasteiger partial charge is 0.191 e. The minimum absolute atomic E-state index is 0. The highest BCUT2D eigenvalue weighted by Crippen LogP contribution is 2.23. The molecule has 0 radical (unpaired) electrons. The Morgan fingerprint density at radius 3 is 2.89 bits per heavy atom. The molecule has 0 spiro atoms. The van der Waals surface area contributed by atoms with E-state index in [1.54, 1.807) is 0 Å². The quantitative estimate of drug-likeness (QED) is 0.361. The van der Waals surface area contributed by atoms with Crippen LogP contribution in [0.4, 0.5) is 0 Å². The van der Waals surface area contributed by atoms with Gasteiger partial charge in [0.25, 0.3) is 0 Å². The SMILES string of the molecule is CCS(=O)C1CCCC(NC(=NC)NCC2CCc3nnc(C)n3C2)C1.I.